The van der Waals surface area contributed by atoms with Crippen LogP contribution in [0.25, 0.3) is 0 Å². The van der Waals surface area contributed by atoms with Crippen molar-refractivity contribution in [3.8, 4) is 0 Å². The molecule has 1 saturated heterocycles. The Hall–Kier alpha value is -0.130. The summed E-state index contributed by atoms with van der Waals surface area (Å²) in [5.74, 6) is 0.309. The van der Waals surface area contributed by atoms with E-state index in [2.05, 4.69) is 17.1 Å². The summed E-state index contributed by atoms with van der Waals surface area (Å²) < 4.78 is 22.0. The first-order valence-electron chi connectivity index (χ1n) is 5.65. The zero-order valence-electron chi connectivity index (χ0n) is 9.70. The van der Waals surface area contributed by atoms with E-state index in [9.17, 15) is 8.42 Å². The third kappa shape index (κ3) is 4.95. The number of sulfone groups is 1. The Morgan fingerprint density at radius 2 is 2.20 bits per heavy atom. The van der Waals surface area contributed by atoms with Crippen molar-refractivity contribution in [1.82, 2.24) is 10.2 Å². The molecule has 1 rings (SSSR count). The molecule has 0 radical (unpaired) electrons. The van der Waals surface area contributed by atoms with Gasteiger partial charge in [0.2, 0.25) is 0 Å². The maximum atomic E-state index is 11.0. The Kier molecular flexibility index (Phi) is 5.02. The van der Waals surface area contributed by atoms with Crippen molar-refractivity contribution in [2.75, 3.05) is 38.2 Å². The van der Waals surface area contributed by atoms with Crippen LogP contribution in [0.15, 0.2) is 0 Å². The number of hydrogen-bond acceptors (Lipinski definition) is 4. The lowest BCUT2D eigenvalue weighted by Gasteiger charge is -2.26. The van der Waals surface area contributed by atoms with Gasteiger partial charge in [-0.05, 0) is 32.5 Å². The second-order valence-electron chi connectivity index (χ2n) is 4.26. The number of nitrogens with one attached hydrogen (secondary N) is 1. The lowest BCUT2D eigenvalue weighted by molar-refractivity contribution is 0.220. The zero-order chi connectivity index (χ0) is 11.3. The number of rotatable bonds is 6. The second-order valence-corrected chi connectivity index (χ2v) is 6.52. The molecule has 0 aromatic heterocycles. The summed E-state index contributed by atoms with van der Waals surface area (Å²) in [4.78, 5) is 2.38. The summed E-state index contributed by atoms with van der Waals surface area (Å²) in [6.07, 6.45) is 3.25. The van der Waals surface area contributed by atoms with Crippen molar-refractivity contribution in [2.45, 2.75) is 25.8 Å². The average molecular weight is 234 g/mol. The normalized spacial score (nSPS) is 22.5. The number of hydrogen-bond donors (Lipinski definition) is 1. The van der Waals surface area contributed by atoms with Gasteiger partial charge in [0, 0.05) is 18.8 Å². The van der Waals surface area contributed by atoms with E-state index in [1.807, 2.05) is 0 Å². The molecule has 0 aromatic rings. The zero-order valence-corrected chi connectivity index (χ0v) is 10.5. The first-order chi connectivity index (χ1) is 7.03. The third-order valence-corrected chi connectivity index (χ3v) is 3.95. The summed E-state index contributed by atoms with van der Waals surface area (Å²) in [6, 6.07) is 0.606. The van der Waals surface area contributed by atoms with Gasteiger partial charge < -0.3 is 5.32 Å². The van der Waals surface area contributed by atoms with Crippen LogP contribution in [0.4, 0.5) is 0 Å². The first-order valence-corrected chi connectivity index (χ1v) is 7.71. The molecule has 5 heteroatoms. The van der Waals surface area contributed by atoms with E-state index >= 15 is 0 Å². The average Bonchev–Trinajstić information content (AvgIpc) is 2.63. The molecule has 90 valence electrons. The van der Waals surface area contributed by atoms with Crippen LogP contribution >= 0.6 is 0 Å². The first kappa shape index (κ1) is 12.9. The quantitative estimate of drug-likeness (QED) is 0.708. The van der Waals surface area contributed by atoms with Crippen molar-refractivity contribution in [2.24, 2.45) is 0 Å². The van der Waals surface area contributed by atoms with Gasteiger partial charge in [0.25, 0.3) is 0 Å². The largest absolute Gasteiger partial charge is 0.315 e. The molecule has 1 unspecified atom stereocenters. The molecule has 1 heterocycles. The lowest BCUT2D eigenvalue weighted by Crippen LogP contribution is -2.37. The molecule has 1 aliphatic rings. The van der Waals surface area contributed by atoms with Crippen LogP contribution in [0, 0.1) is 0 Å². The van der Waals surface area contributed by atoms with Crippen molar-refractivity contribution in [1.29, 1.82) is 0 Å². The Morgan fingerprint density at radius 1 is 1.47 bits per heavy atom. The number of likely N-dealkylation sites (N-methyl/N-ethyl adjacent to an activating group) is 1. The highest BCUT2D eigenvalue weighted by Crippen LogP contribution is 2.08. The second kappa shape index (κ2) is 5.82. The Morgan fingerprint density at radius 3 is 2.67 bits per heavy atom. The molecular formula is C10H22N2O2S. The highest BCUT2D eigenvalue weighted by atomic mass is 32.2. The van der Waals surface area contributed by atoms with Crippen LogP contribution in [0.5, 0.6) is 0 Å². The molecule has 0 saturated carbocycles. The van der Waals surface area contributed by atoms with Gasteiger partial charge in [-0.15, -0.1) is 0 Å². The van der Waals surface area contributed by atoms with E-state index < -0.39 is 9.84 Å². The van der Waals surface area contributed by atoms with Gasteiger partial charge in [-0.2, -0.15) is 0 Å². The molecule has 0 aromatic carbocycles. The van der Waals surface area contributed by atoms with E-state index in [0.29, 0.717) is 11.8 Å². The van der Waals surface area contributed by atoms with E-state index in [-0.39, 0.29) is 0 Å². The molecule has 1 N–H and O–H groups in total. The molecule has 1 fully saturated rings. The maximum absolute atomic E-state index is 11.0. The molecule has 1 aliphatic heterocycles. The molecule has 0 spiro atoms. The van der Waals surface area contributed by atoms with Crippen LogP contribution in [-0.2, 0) is 9.84 Å². The van der Waals surface area contributed by atoms with Gasteiger partial charge >= 0.3 is 0 Å². The molecule has 15 heavy (non-hydrogen) atoms. The minimum atomic E-state index is -2.79. The van der Waals surface area contributed by atoms with Crippen LogP contribution in [0.1, 0.15) is 19.8 Å². The van der Waals surface area contributed by atoms with Gasteiger partial charge in [0.05, 0.1) is 5.75 Å². The fraction of sp³-hybridized carbons (Fsp3) is 1.00. The molecule has 4 nitrogen and oxygen atoms in total. The highest BCUT2D eigenvalue weighted by Gasteiger charge is 2.20. The standard InChI is InChI=1S/C10H22N2O2S/c1-3-12(10-5-6-11-9-10)7-4-8-15(2,13)14/h10-11H,3-9H2,1-2H3. The highest BCUT2D eigenvalue weighted by molar-refractivity contribution is 7.90. The fourth-order valence-electron chi connectivity index (χ4n) is 2.08. The Labute approximate surface area is 93.0 Å². The Bertz CT molecular complexity index is 271. The Balaban J connectivity index is 2.27. The van der Waals surface area contributed by atoms with Crippen molar-refractivity contribution >= 4 is 9.84 Å². The summed E-state index contributed by atoms with van der Waals surface area (Å²) in [5, 5.41) is 3.33. The molecule has 0 bridgehead atoms. The van der Waals surface area contributed by atoms with Crippen LogP contribution in [-0.4, -0.2) is 57.5 Å². The van der Waals surface area contributed by atoms with E-state index in [0.717, 1.165) is 32.6 Å². The van der Waals surface area contributed by atoms with Crippen molar-refractivity contribution < 1.29 is 8.42 Å². The van der Waals surface area contributed by atoms with Gasteiger partial charge in [-0.3, -0.25) is 4.90 Å². The van der Waals surface area contributed by atoms with Gasteiger partial charge in [0.1, 0.15) is 9.84 Å². The summed E-state index contributed by atoms with van der Waals surface area (Å²) >= 11 is 0. The smallest absolute Gasteiger partial charge is 0.147 e. The predicted molar refractivity (Wildman–Crippen MR) is 62.8 cm³/mol. The third-order valence-electron chi connectivity index (χ3n) is 2.92. The summed E-state index contributed by atoms with van der Waals surface area (Å²) in [6.45, 7) is 6.19. The molecule has 1 atom stereocenters. The van der Waals surface area contributed by atoms with Crippen LogP contribution in [0.2, 0.25) is 0 Å². The van der Waals surface area contributed by atoms with Crippen molar-refractivity contribution in [3.05, 3.63) is 0 Å². The maximum Gasteiger partial charge on any atom is 0.147 e. The SMILES string of the molecule is CCN(CCCS(C)(=O)=O)C1CCNC1. The molecule has 0 amide bonds. The number of nitrogens with zero attached hydrogens (tertiary/aromatic N) is 1. The predicted octanol–water partition coefficient (Wildman–Crippen LogP) is 0.105. The van der Waals surface area contributed by atoms with Crippen molar-refractivity contribution in [3.63, 3.8) is 0 Å². The van der Waals surface area contributed by atoms with Crippen LogP contribution < -0.4 is 5.32 Å². The van der Waals surface area contributed by atoms with Gasteiger partial charge in [0.15, 0.2) is 0 Å². The van der Waals surface area contributed by atoms with E-state index in [1.165, 1.54) is 12.7 Å². The molecular weight excluding hydrogens is 212 g/mol. The monoisotopic (exact) mass is 234 g/mol. The van der Waals surface area contributed by atoms with Gasteiger partial charge in [-0.25, -0.2) is 8.42 Å². The van der Waals surface area contributed by atoms with Crippen LogP contribution in [0.3, 0.4) is 0 Å². The van der Waals surface area contributed by atoms with E-state index in [4.69, 9.17) is 0 Å². The molecule has 0 aliphatic carbocycles. The van der Waals surface area contributed by atoms with E-state index in [1.54, 1.807) is 0 Å². The summed E-state index contributed by atoms with van der Waals surface area (Å²) in [7, 11) is -2.79. The fourth-order valence-corrected chi connectivity index (χ4v) is 2.73. The van der Waals surface area contributed by atoms with Gasteiger partial charge in [-0.1, -0.05) is 6.92 Å². The lowest BCUT2D eigenvalue weighted by atomic mass is 10.2. The minimum absolute atomic E-state index is 0.309. The minimum Gasteiger partial charge on any atom is -0.315 e. The topological polar surface area (TPSA) is 49.4 Å². The summed E-state index contributed by atoms with van der Waals surface area (Å²) in [5.41, 5.74) is 0.